The molecular weight excluding hydrogens is 443 g/mol. The lowest BCUT2D eigenvalue weighted by atomic mass is 10.2. The second-order valence-electron chi connectivity index (χ2n) is 6.62. The minimum absolute atomic E-state index is 0. The molecule has 2 N–H and O–H groups in total. The number of ether oxygens (including phenoxy) is 2. The lowest BCUT2D eigenvalue weighted by Gasteiger charge is -2.12. The number of pyridine rings is 1. The van der Waals surface area contributed by atoms with E-state index >= 15 is 0 Å². The third-order valence-corrected chi connectivity index (χ3v) is 3.13. The highest BCUT2D eigenvalue weighted by Gasteiger charge is 2.01. The highest BCUT2D eigenvalue weighted by Crippen LogP contribution is 2.10. The highest BCUT2D eigenvalue weighted by atomic mass is 127. The van der Waals surface area contributed by atoms with E-state index in [1.54, 1.807) is 0 Å². The van der Waals surface area contributed by atoms with Crippen LogP contribution in [0.1, 0.15) is 46.6 Å². The average Bonchev–Trinajstić information content (AvgIpc) is 2.56. The monoisotopic (exact) mass is 478 g/mol. The van der Waals surface area contributed by atoms with Crippen molar-refractivity contribution in [3.8, 4) is 5.88 Å². The van der Waals surface area contributed by atoms with E-state index in [9.17, 15) is 0 Å². The second kappa shape index (κ2) is 15.0. The molecule has 0 saturated heterocycles. The van der Waals surface area contributed by atoms with Gasteiger partial charge in [-0.1, -0.05) is 19.9 Å². The van der Waals surface area contributed by atoms with Crippen molar-refractivity contribution in [2.75, 3.05) is 26.3 Å². The molecule has 7 heteroatoms. The van der Waals surface area contributed by atoms with Crippen LogP contribution in [0.5, 0.6) is 5.88 Å². The molecule has 0 aliphatic rings. The molecule has 0 amide bonds. The van der Waals surface area contributed by atoms with E-state index in [0.29, 0.717) is 18.3 Å². The van der Waals surface area contributed by atoms with Gasteiger partial charge in [0, 0.05) is 38.6 Å². The summed E-state index contributed by atoms with van der Waals surface area (Å²) in [5, 5.41) is 6.58. The molecule has 0 aliphatic heterocycles. The number of nitrogens with zero attached hydrogens (tertiary/aromatic N) is 2. The molecule has 26 heavy (non-hydrogen) atoms. The van der Waals surface area contributed by atoms with Crippen LogP contribution in [0.2, 0.25) is 0 Å². The van der Waals surface area contributed by atoms with Gasteiger partial charge >= 0.3 is 0 Å². The van der Waals surface area contributed by atoms with Gasteiger partial charge in [-0.3, -0.25) is 0 Å². The Hall–Kier alpha value is -1.09. The molecule has 0 aliphatic carbocycles. The number of aromatic nitrogens is 1. The van der Waals surface area contributed by atoms with E-state index in [-0.39, 0.29) is 30.1 Å². The van der Waals surface area contributed by atoms with Gasteiger partial charge < -0.3 is 20.1 Å². The Kier molecular flexibility index (Phi) is 14.4. The number of hydrogen-bond acceptors (Lipinski definition) is 4. The minimum Gasteiger partial charge on any atom is -0.475 e. The first-order valence-electron chi connectivity index (χ1n) is 9.22. The van der Waals surface area contributed by atoms with Gasteiger partial charge in [0.2, 0.25) is 5.88 Å². The number of hydrogen-bond donors (Lipinski definition) is 2. The van der Waals surface area contributed by atoms with Gasteiger partial charge in [0.25, 0.3) is 0 Å². The normalized spacial score (nSPS) is 11.4. The summed E-state index contributed by atoms with van der Waals surface area (Å²) < 4.78 is 11.1. The molecule has 1 rings (SSSR count). The molecule has 0 bridgehead atoms. The summed E-state index contributed by atoms with van der Waals surface area (Å²) in [5.41, 5.74) is 1.05. The molecule has 0 aromatic carbocycles. The maximum atomic E-state index is 5.58. The number of aliphatic imine (C=N–C) groups is 1. The fourth-order valence-corrected chi connectivity index (χ4v) is 2.03. The van der Waals surface area contributed by atoms with E-state index in [1.165, 1.54) is 0 Å². The molecule has 1 aromatic heterocycles. The van der Waals surface area contributed by atoms with Crippen molar-refractivity contribution in [2.45, 2.75) is 53.7 Å². The van der Waals surface area contributed by atoms with Gasteiger partial charge in [0.1, 0.15) is 0 Å². The van der Waals surface area contributed by atoms with Crippen LogP contribution in [-0.4, -0.2) is 43.4 Å². The Labute approximate surface area is 175 Å². The minimum atomic E-state index is 0. The molecule has 6 nitrogen and oxygen atoms in total. The van der Waals surface area contributed by atoms with Crippen LogP contribution in [-0.2, 0) is 11.3 Å². The zero-order chi connectivity index (χ0) is 18.5. The number of guanidine groups is 1. The van der Waals surface area contributed by atoms with Gasteiger partial charge in [-0.05, 0) is 38.7 Å². The van der Waals surface area contributed by atoms with Gasteiger partial charge in [-0.2, -0.15) is 0 Å². The van der Waals surface area contributed by atoms with Crippen LogP contribution in [0.4, 0.5) is 0 Å². The Morgan fingerprint density at radius 1 is 1.19 bits per heavy atom. The standard InChI is InChI=1S/C19H34N4O2.HI/c1-6-20-19(21-10-7-11-24-14-15(2)3)23-13-17-8-9-18(22-12-17)25-16(4)5;/h8-9,12,15-16H,6-7,10-11,13-14H2,1-5H3,(H2,20,21,23);1H. The van der Waals surface area contributed by atoms with Gasteiger partial charge in [-0.15, -0.1) is 24.0 Å². The Bertz CT molecular complexity index is 493. The largest absolute Gasteiger partial charge is 0.475 e. The highest BCUT2D eigenvalue weighted by molar-refractivity contribution is 14.0. The van der Waals surface area contributed by atoms with E-state index in [0.717, 1.165) is 44.2 Å². The number of rotatable bonds is 11. The van der Waals surface area contributed by atoms with Crippen molar-refractivity contribution in [3.63, 3.8) is 0 Å². The van der Waals surface area contributed by atoms with Crippen LogP contribution in [0.3, 0.4) is 0 Å². The predicted molar refractivity (Wildman–Crippen MR) is 119 cm³/mol. The molecule has 0 spiro atoms. The van der Waals surface area contributed by atoms with E-state index in [4.69, 9.17) is 9.47 Å². The van der Waals surface area contributed by atoms with Crippen LogP contribution in [0.25, 0.3) is 0 Å². The Morgan fingerprint density at radius 2 is 1.96 bits per heavy atom. The number of halogens is 1. The van der Waals surface area contributed by atoms with Gasteiger partial charge in [-0.25, -0.2) is 9.98 Å². The molecule has 0 fully saturated rings. The van der Waals surface area contributed by atoms with Crippen molar-refractivity contribution >= 4 is 29.9 Å². The molecule has 150 valence electrons. The zero-order valence-corrected chi connectivity index (χ0v) is 19.1. The van der Waals surface area contributed by atoms with Gasteiger partial charge in [0.05, 0.1) is 12.6 Å². The van der Waals surface area contributed by atoms with Crippen LogP contribution < -0.4 is 15.4 Å². The summed E-state index contributed by atoms with van der Waals surface area (Å²) in [6, 6.07) is 3.88. The van der Waals surface area contributed by atoms with E-state index in [2.05, 4.69) is 41.4 Å². The first-order valence-corrected chi connectivity index (χ1v) is 9.22. The van der Waals surface area contributed by atoms with Crippen LogP contribution in [0, 0.1) is 5.92 Å². The maximum absolute atomic E-state index is 5.58. The zero-order valence-electron chi connectivity index (χ0n) is 16.7. The summed E-state index contributed by atoms with van der Waals surface area (Å²) >= 11 is 0. The maximum Gasteiger partial charge on any atom is 0.213 e. The first kappa shape index (κ1) is 24.9. The summed E-state index contributed by atoms with van der Waals surface area (Å²) in [6.07, 6.45) is 2.90. The van der Waals surface area contributed by atoms with Crippen LogP contribution >= 0.6 is 24.0 Å². The SMILES string of the molecule is CCNC(=NCc1ccc(OC(C)C)nc1)NCCCOCC(C)C.I. The predicted octanol–water partition coefficient (Wildman–Crippen LogP) is 3.60. The lowest BCUT2D eigenvalue weighted by Crippen LogP contribution is -2.38. The summed E-state index contributed by atoms with van der Waals surface area (Å²) in [6.45, 7) is 14.2. The summed E-state index contributed by atoms with van der Waals surface area (Å²) in [7, 11) is 0. The Balaban J connectivity index is 0.00000625. The molecule has 0 atom stereocenters. The molecular formula is C19H35IN4O2. The van der Waals surface area contributed by atoms with E-state index < -0.39 is 0 Å². The topological polar surface area (TPSA) is 67.8 Å². The summed E-state index contributed by atoms with van der Waals surface area (Å²) in [4.78, 5) is 8.90. The third-order valence-electron chi connectivity index (χ3n) is 3.13. The average molecular weight is 478 g/mol. The van der Waals surface area contributed by atoms with Crippen LogP contribution in [0.15, 0.2) is 23.3 Å². The third kappa shape index (κ3) is 12.3. The molecule has 0 saturated carbocycles. The first-order chi connectivity index (χ1) is 12.0. The lowest BCUT2D eigenvalue weighted by molar-refractivity contribution is 0.108. The molecule has 0 radical (unpaired) electrons. The fraction of sp³-hybridized carbons (Fsp3) is 0.684. The van der Waals surface area contributed by atoms with Crippen molar-refractivity contribution in [1.29, 1.82) is 0 Å². The molecule has 0 unspecified atom stereocenters. The second-order valence-corrected chi connectivity index (χ2v) is 6.62. The molecule has 1 aromatic rings. The van der Waals surface area contributed by atoms with Crippen molar-refractivity contribution < 1.29 is 9.47 Å². The Morgan fingerprint density at radius 3 is 2.54 bits per heavy atom. The van der Waals surface area contributed by atoms with Crippen molar-refractivity contribution in [2.24, 2.45) is 10.9 Å². The van der Waals surface area contributed by atoms with Gasteiger partial charge in [0.15, 0.2) is 5.96 Å². The quantitative estimate of drug-likeness (QED) is 0.220. The molecule has 1 heterocycles. The fourth-order valence-electron chi connectivity index (χ4n) is 2.03. The van der Waals surface area contributed by atoms with Crippen molar-refractivity contribution in [3.05, 3.63) is 23.9 Å². The smallest absolute Gasteiger partial charge is 0.213 e. The van der Waals surface area contributed by atoms with Crippen molar-refractivity contribution in [1.82, 2.24) is 15.6 Å². The number of nitrogens with one attached hydrogen (secondary N) is 2. The van der Waals surface area contributed by atoms with E-state index in [1.807, 2.05) is 32.2 Å². The summed E-state index contributed by atoms with van der Waals surface area (Å²) in [5.74, 6) is 2.04.